The summed E-state index contributed by atoms with van der Waals surface area (Å²) in [5.41, 5.74) is 7.40. The third-order valence-corrected chi connectivity index (χ3v) is 2.78. The van der Waals surface area contributed by atoms with Crippen LogP contribution in [0, 0.1) is 0 Å². The number of hydrogen-bond acceptors (Lipinski definition) is 3. The maximum atomic E-state index is 9.00. The van der Waals surface area contributed by atoms with E-state index in [1.54, 1.807) is 0 Å². The smallest absolute Gasteiger partial charge is 0.0453 e. The van der Waals surface area contributed by atoms with Gasteiger partial charge in [0.05, 0.1) is 0 Å². The highest BCUT2D eigenvalue weighted by Crippen LogP contribution is 2.22. The average Bonchev–Trinajstić information content (AvgIpc) is 2.18. The van der Waals surface area contributed by atoms with E-state index in [4.69, 9.17) is 10.8 Å². The standard InChI is InChI=1S/C12H20N2O/c1-3-12(2,7-8-15)14-11-6-4-5-10(13)9-11/h4-6,9,14-15H,3,7-8,13H2,1-2H3. The monoisotopic (exact) mass is 208 g/mol. The lowest BCUT2D eigenvalue weighted by molar-refractivity contribution is 0.252. The molecule has 0 amide bonds. The molecule has 0 fully saturated rings. The molecule has 1 rings (SSSR count). The zero-order valence-electron chi connectivity index (χ0n) is 9.46. The van der Waals surface area contributed by atoms with Crippen molar-refractivity contribution >= 4 is 11.4 Å². The van der Waals surface area contributed by atoms with Gasteiger partial charge in [-0.3, -0.25) is 0 Å². The summed E-state index contributed by atoms with van der Waals surface area (Å²) in [5.74, 6) is 0. The van der Waals surface area contributed by atoms with Crippen LogP contribution in [0.5, 0.6) is 0 Å². The van der Waals surface area contributed by atoms with Crippen LogP contribution in [0.4, 0.5) is 11.4 Å². The SMILES string of the molecule is CCC(C)(CCO)Nc1cccc(N)c1. The molecule has 1 aromatic rings. The average molecular weight is 208 g/mol. The topological polar surface area (TPSA) is 58.3 Å². The third kappa shape index (κ3) is 3.44. The maximum absolute atomic E-state index is 9.00. The number of aliphatic hydroxyl groups excluding tert-OH is 1. The van der Waals surface area contributed by atoms with E-state index in [9.17, 15) is 0 Å². The van der Waals surface area contributed by atoms with Crippen LogP contribution in [-0.2, 0) is 0 Å². The summed E-state index contributed by atoms with van der Waals surface area (Å²) in [6.07, 6.45) is 1.70. The summed E-state index contributed by atoms with van der Waals surface area (Å²) in [4.78, 5) is 0. The third-order valence-electron chi connectivity index (χ3n) is 2.78. The van der Waals surface area contributed by atoms with E-state index >= 15 is 0 Å². The van der Waals surface area contributed by atoms with Crippen LogP contribution in [0.25, 0.3) is 0 Å². The van der Waals surface area contributed by atoms with E-state index in [2.05, 4.69) is 19.2 Å². The molecule has 1 atom stereocenters. The van der Waals surface area contributed by atoms with E-state index < -0.39 is 0 Å². The fourth-order valence-electron chi connectivity index (χ4n) is 1.54. The first kappa shape index (κ1) is 11.9. The predicted molar refractivity (Wildman–Crippen MR) is 64.9 cm³/mol. The lowest BCUT2D eigenvalue weighted by atomic mass is 9.94. The lowest BCUT2D eigenvalue weighted by Gasteiger charge is -2.30. The van der Waals surface area contributed by atoms with Crippen molar-refractivity contribution in [3.05, 3.63) is 24.3 Å². The fourth-order valence-corrected chi connectivity index (χ4v) is 1.54. The van der Waals surface area contributed by atoms with Crippen molar-refractivity contribution in [2.75, 3.05) is 17.7 Å². The number of benzene rings is 1. The van der Waals surface area contributed by atoms with Gasteiger partial charge < -0.3 is 16.2 Å². The van der Waals surface area contributed by atoms with Crippen LogP contribution in [0.3, 0.4) is 0 Å². The van der Waals surface area contributed by atoms with Gasteiger partial charge in [0.25, 0.3) is 0 Å². The number of nitrogen functional groups attached to an aromatic ring is 1. The predicted octanol–water partition coefficient (Wildman–Crippen LogP) is 2.23. The van der Waals surface area contributed by atoms with E-state index in [0.29, 0.717) is 0 Å². The van der Waals surface area contributed by atoms with Gasteiger partial charge in [0.2, 0.25) is 0 Å². The molecule has 4 N–H and O–H groups in total. The van der Waals surface area contributed by atoms with Crippen LogP contribution in [0.1, 0.15) is 26.7 Å². The zero-order chi connectivity index (χ0) is 11.3. The van der Waals surface area contributed by atoms with Gasteiger partial charge in [-0.1, -0.05) is 13.0 Å². The minimum absolute atomic E-state index is 0.0669. The lowest BCUT2D eigenvalue weighted by Crippen LogP contribution is -2.34. The first-order chi connectivity index (χ1) is 7.09. The van der Waals surface area contributed by atoms with Crippen molar-refractivity contribution < 1.29 is 5.11 Å². The van der Waals surface area contributed by atoms with Gasteiger partial charge >= 0.3 is 0 Å². The second-order valence-electron chi connectivity index (χ2n) is 4.14. The molecule has 0 spiro atoms. The van der Waals surface area contributed by atoms with Gasteiger partial charge in [0.1, 0.15) is 0 Å². The summed E-state index contributed by atoms with van der Waals surface area (Å²) in [6, 6.07) is 7.68. The van der Waals surface area contributed by atoms with E-state index in [-0.39, 0.29) is 12.1 Å². The molecule has 0 saturated heterocycles. The molecule has 0 bridgehead atoms. The molecule has 1 unspecified atom stereocenters. The molecule has 0 aliphatic carbocycles. The number of nitrogens with two attached hydrogens (primary N) is 1. The Morgan fingerprint density at radius 3 is 2.73 bits per heavy atom. The number of rotatable bonds is 5. The molecular formula is C12H20N2O. The van der Waals surface area contributed by atoms with Crippen LogP contribution in [-0.4, -0.2) is 17.3 Å². The van der Waals surface area contributed by atoms with Crippen molar-refractivity contribution in [3.8, 4) is 0 Å². The van der Waals surface area contributed by atoms with Gasteiger partial charge in [-0.05, 0) is 38.0 Å². The number of anilines is 2. The van der Waals surface area contributed by atoms with Crippen molar-refractivity contribution in [3.63, 3.8) is 0 Å². The van der Waals surface area contributed by atoms with Crippen molar-refractivity contribution in [1.29, 1.82) is 0 Å². The van der Waals surface area contributed by atoms with Crippen LogP contribution < -0.4 is 11.1 Å². The molecule has 15 heavy (non-hydrogen) atoms. The first-order valence-electron chi connectivity index (χ1n) is 5.34. The van der Waals surface area contributed by atoms with Crippen LogP contribution >= 0.6 is 0 Å². The number of nitrogens with one attached hydrogen (secondary N) is 1. The molecule has 3 heteroatoms. The molecule has 0 aliphatic heterocycles. The molecule has 0 heterocycles. The Morgan fingerprint density at radius 2 is 2.20 bits per heavy atom. The number of aliphatic hydroxyl groups is 1. The Kier molecular flexibility index (Phi) is 3.97. The summed E-state index contributed by atoms with van der Waals surface area (Å²) < 4.78 is 0. The van der Waals surface area contributed by atoms with Gasteiger partial charge in [0, 0.05) is 23.5 Å². The van der Waals surface area contributed by atoms with Gasteiger partial charge in [-0.15, -0.1) is 0 Å². The van der Waals surface area contributed by atoms with Gasteiger partial charge in [-0.25, -0.2) is 0 Å². The molecule has 0 saturated carbocycles. The molecule has 0 radical (unpaired) electrons. The van der Waals surface area contributed by atoms with E-state index in [1.165, 1.54) is 0 Å². The first-order valence-corrected chi connectivity index (χ1v) is 5.34. The largest absolute Gasteiger partial charge is 0.399 e. The second-order valence-corrected chi connectivity index (χ2v) is 4.14. The summed E-state index contributed by atoms with van der Waals surface area (Å²) in [5, 5.41) is 12.4. The second kappa shape index (κ2) is 5.03. The highest BCUT2D eigenvalue weighted by atomic mass is 16.3. The Hall–Kier alpha value is -1.22. The van der Waals surface area contributed by atoms with Gasteiger partial charge in [-0.2, -0.15) is 0 Å². The molecule has 84 valence electrons. The van der Waals surface area contributed by atoms with Crippen LogP contribution in [0.15, 0.2) is 24.3 Å². The van der Waals surface area contributed by atoms with Gasteiger partial charge in [0.15, 0.2) is 0 Å². The highest BCUT2D eigenvalue weighted by molar-refractivity contribution is 5.55. The van der Waals surface area contributed by atoms with Crippen LogP contribution in [0.2, 0.25) is 0 Å². The van der Waals surface area contributed by atoms with E-state index in [0.717, 1.165) is 24.2 Å². The Morgan fingerprint density at radius 1 is 1.47 bits per heavy atom. The fraction of sp³-hybridized carbons (Fsp3) is 0.500. The maximum Gasteiger partial charge on any atom is 0.0453 e. The van der Waals surface area contributed by atoms with Crippen molar-refractivity contribution in [2.24, 2.45) is 0 Å². The number of hydrogen-bond donors (Lipinski definition) is 3. The Balaban J connectivity index is 2.74. The van der Waals surface area contributed by atoms with Crippen molar-refractivity contribution in [2.45, 2.75) is 32.2 Å². The Labute approximate surface area is 91.3 Å². The molecular weight excluding hydrogens is 188 g/mol. The Bertz CT molecular complexity index is 314. The molecule has 0 aromatic heterocycles. The molecule has 1 aromatic carbocycles. The molecule has 3 nitrogen and oxygen atoms in total. The quantitative estimate of drug-likeness (QED) is 0.650. The molecule has 0 aliphatic rings. The van der Waals surface area contributed by atoms with E-state index in [1.807, 2.05) is 24.3 Å². The summed E-state index contributed by atoms with van der Waals surface area (Å²) in [6.45, 7) is 4.40. The minimum atomic E-state index is -0.0669. The normalized spacial score (nSPS) is 14.6. The summed E-state index contributed by atoms with van der Waals surface area (Å²) >= 11 is 0. The van der Waals surface area contributed by atoms with Crippen molar-refractivity contribution in [1.82, 2.24) is 0 Å². The minimum Gasteiger partial charge on any atom is -0.399 e. The summed E-state index contributed by atoms with van der Waals surface area (Å²) in [7, 11) is 0. The highest BCUT2D eigenvalue weighted by Gasteiger charge is 2.20. The zero-order valence-corrected chi connectivity index (χ0v) is 9.46.